The lowest BCUT2D eigenvalue weighted by molar-refractivity contribution is 0.111. The highest BCUT2D eigenvalue weighted by atomic mass is 16.1. The van der Waals surface area contributed by atoms with Crippen LogP contribution in [0.4, 0.5) is 0 Å². The first-order valence-electron chi connectivity index (χ1n) is 7.16. The summed E-state index contributed by atoms with van der Waals surface area (Å²) in [6, 6.07) is 11.7. The molecule has 0 atom stereocenters. The molecule has 3 aromatic rings. The molecule has 4 heteroatoms. The van der Waals surface area contributed by atoms with Gasteiger partial charge in [0.15, 0.2) is 6.29 Å². The number of hydrogen-bond donors (Lipinski definition) is 1. The Kier molecular flexibility index (Phi) is 3.69. The van der Waals surface area contributed by atoms with E-state index in [1.807, 2.05) is 50.2 Å². The predicted molar refractivity (Wildman–Crippen MR) is 87.7 cm³/mol. The molecule has 0 amide bonds. The number of nitrogens with two attached hydrogens (primary N) is 1. The van der Waals surface area contributed by atoms with Gasteiger partial charge in [-0.2, -0.15) is 0 Å². The summed E-state index contributed by atoms with van der Waals surface area (Å²) in [5, 5.41) is 0. The molecule has 0 radical (unpaired) electrons. The minimum Gasteiger partial charge on any atom is -0.326 e. The maximum Gasteiger partial charge on any atom is 0.170 e. The first kappa shape index (κ1) is 14.4. The Morgan fingerprint density at radius 3 is 2.14 bits per heavy atom. The van der Waals surface area contributed by atoms with Crippen LogP contribution in [0, 0.1) is 13.8 Å². The maximum atomic E-state index is 11.4. The normalized spacial score (nSPS) is 10.9. The van der Waals surface area contributed by atoms with E-state index in [1.165, 1.54) is 0 Å². The van der Waals surface area contributed by atoms with Crippen LogP contribution in [0.1, 0.15) is 27.2 Å². The molecule has 4 nitrogen and oxygen atoms in total. The van der Waals surface area contributed by atoms with Gasteiger partial charge in [-0.3, -0.25) is 4.79 Å². The molecule has 3 rings (SSSR count). The lowest BCUT2D eigenvalue weighted by atomic mass is 10.1. The Hall–Kier alpha value is -2.59. The molecular formula is C18H17N3O. The van der Waals surface area contributed by atoms with Crippen LogP contribution in [-0.2, 0) is 6.54 Å². The van der Waals surface area contributed by atoms with Crippen LogP contribution >= 0.6 is 0 Å². The fraction of sp³-hybridized carbons (Fsp3) is 0.167. The summed E-state index contributed by atoms with van der Waals surface area (Å²) in [5.41, 5.74) is 12.3. The molecular weight excluding hydrogens is 274 g/mol. The number of aromatic nitrogens is 2. The molecule has 0 bridgehead atoms. The number of carbonyl (C=O) groups excluding carboxylic acids is 1. The highest BCUT2D eigenvalue weighted by Gasteiger charge is 2.11. The van der Waals surface area contributed by atoms with Crippen LogP contribution in [-0.4, -0.2) is 16.3 Å². The second-order valence-electron chi connectivity index (χ2n) is 5.40. The van der Waals surface area contributed by atoms with E-state index in [9.17, 15) is 4.79 Å². The zero-order valence-corrected chi connectivity index (χ0v) is 12.6. The second kappa shape index (κ2) is 5.66. The van der Waals surface area contributed by atoms with E-state index >= 15 is 0 Å². The van der Waals surface area contributed by atoms with E-state index in [1.54, 1.807) is 0 Å². The van der Waals surface area contributed by atoms with Gasteiger partial charge < -0.3 is 5.73 Å². The van der Waals surface area contributed by atoms with Crippen LogP contribution in [0.25, 0.3) is 22.3 Å². The molecule has 0 saturated carbocycles. The van der Waals surface area contributed by atoms with Crippen molar-refractivity contribution in [3.8, 4) is 11.3 Å². The summed E-state index contributed by atoms with van der Waals surface area (Å²) in [5.74, 6) is 0. The Balaban J connectivity index is 2.22. The molecule has 2 N–H and O–H groups in total. The minimum absolute atomic E-state index is 0.358. The Labute approximate surface area is 129 Å². The molecule has 1 heterocycles. The van der Waals surface area contributed by atoms with Crippen molar-refractivity contribution in [1.82, 2.24) is 9.97 Å². The highest BCUT2D eigenvalue weighted by molar-refractivity contribution is 5.89. The van der Waals surface area contributed by atoms with E-state index in [0.29, 0.717) is 17.9 Å². The molecule has 0 unspecified atom stereocenters. The molecule has 0 aliphatic carbocycles. The number of rotatable bonds is 3. The third-order valence-corrected chi connectivity index (χ3v) is 3.88. The molecule has 2 aromatic carbocycles. The third kappa shape index (κ3) is 2.49. The van der Waals surface area contributed by atoms with E-state index in [-0.39, 0.29) is 0 Å². The minimum atomic E-state index is 0.358. The number of carbonyl (C=O) groups is 1. The molecule has 0 spiro atoms. The van der Waals surface area contributed by atoms with Crippen molar-refractivity contribution in [1.29, 1.82) is 0 Å². The number of nitrogens with zero attached hydrogens (tertiary/aromatic N) is 2. The van der Waals surface area contributed by atoms with Gasteiger partial charge in [-0.25, -0.2) is 9.97 Å². The van der Waals surface area contributed by atoms with Crippen LogP contribution in [0.2, 0.25) is 0 Å². The van der Waals surface area contributed by atoms with Crippen LogP contribution in [0.5, 0.6) is 0 Å². The Morgan fingerprint density at radius 2 is 1.59 bits per heavy atom. The molecule has 0 aliphatic heterocycles. The van der Waals surface area contributed by atoms with Crippen molar-refractivity contribution < 1.29 is 4.79 Å². The van der Waals surface area contributed by atoms with Crippen molar-refractivity contribution in [2.45, 2.75) is 20.4 Å². The molecule has 22 heavy (non-hydrogen) atoms. The molecule has 0 fully saturated rings. The van der Waals surface area contributed by atoms with Gasteiger partial charge in [0.05, 0.1) is 11.0 Å². The molecule has 0 aliphatic rings. The monoisotopic (exact) mass is 291 g/mol. The van der Waals surface area contributed by atoms with Crippen molar-refractivity contribution >= 4 is 17.3 Å². The fourth-order valence-electron chi connectivity index (χ4n) is 2.42. The average Bonchev–Trinajstić information content (AvgIpc) is 2.55. The molecule has 110 valence electrons. The summed E-state index contributed by atoms with van der Waals surface area (Å²) < 4.78 is 0. The van der Waals surface area contributed by atoms with Crippen molar-refractivity contribution in [2.75, 3.05) is 0 Å². The summed E-state index contributed by atoms with van der Waals surface area (Å²) in [6.45, 7) is 4.55. The maximum absolute atomic E-state index is 11.4. The van der Waals surface area contributed by atoms with E-state index < -0.39 is 0 Å². The summed E-state index contributed by atoms with van der Waals surface area (Å²) in [4.78, 5) is 20.5. The standard InChI is InChI=1S/C18H17N3O/c1-11-7-15-16(8-12(11)2)21-18(17(10-22)20-15)14-5-3-13(9-19)4-6-14/h3-8,10H,9,19H2,1-2H3. The van der Waals surface area contributed by atoms with Crippen LogP contribution in [0.15, 0.2) is 36.4 Å². The lowest BCUT2D eigenvalue weighted by Crippen LogP contribution is -2.00. The zero-order valence-electron chi connectivity index (χ0n) is 12.6. The fourth-order valence-corrected chi connectivity index (χ4v) is 2.42. The Bertz CT molecular complexity index is 854. The molecule has 1 aromatic heterocycles. The van der Waals surface area contributed by atoms with Crippen molar-refractivity contribution in [2.24, 2.45) is 5.73 Å². The van der Waals surface area contributed by atoms with Gasteiger partial charge in [0.1, 0.15) is 11.4 Å². The van der Waals surface area contributed by atoms with E-state index in [0.717, 1.165) is 39.6 Å². The number of fused-ring (bicyclic) bond motifs is 1. The van der Waals surface area contributed by atoms with Gasteiger partial charge >= 0.3 is 0 Å². The van der Waals surface area contributed by atoms with Gasteiger partial charge in [0.25, 0.3) is 0 Å². The smallest absolute Gasteiger partial charge is 0.170 e. The second-order valence-corrected chi connectivity index (χ2v) is 5.40. The number of aldehydes is 1. The Morgan fingerprint density at radius 1 is 1.00 bits per heavy atom. The quantitative estimate of drug-likeness (QED) is 0.752. The van der Waals surface area contributed by atoms with Gasteiger partial charge in [-0.15, -0.1) is 0 Å². The first-order chi connectivity index (χ1) is 10.6. The van der Waals surface area contributed by atoms with Crippen molar-refractivity contribution in [3.63, 3.8) is 0 Å². The zero-order chi connectivity index (χ0) is 15.7. The third-order valence-electron chi connectivity index (χ3n) is 3.88. The molecule has 0 saturated heterocycles. The van der Waals surface area contributed by atoms with Crippen molar-refractivity contribution in [3.05, 3.63) is 58.8 Å². The SMILES string of the molecule is Cc1cc2nc(C=O)c(-c3ccc(CN)cc3)nc2cc1C. The summed E-state index contributed by atoms with van der Waals surface area (Å²) in [7, 11) is 0. The topological polar surface area (TPSA) is 68.9 Å². The lowest BCUT2D eigenvalue weighted by Gasteiger charge is -2.08. The first-order valence-corrected chi connectivity index (χ1v) is 7.16. The number of aryl methyl sites for hydroxylation is 2. The van der Waals surface area contributed by atoms with Gasteiger partial charge in [0.2, 0.25) is 0 Å². The van der Waals surface area contributed by atoms with Gasteiger partial charge in [-0.05, 0) is 42.7 Å². The number of benzene rings is 2. The van der Waals surface area contributed by atoms with Crippen LogP contribution in [0.3, 0.4) is 0 Å². The summed E-state index contributed by atoms with van der Waals surface area (Å²) in [6.07, 6.45) is 0.758. The summed E-state index contributed by atoms with van der Waals surface area (Å²) >= 11 is 0. The average molecular weight is 291 g/mol. The van der Waals surface area contributed by atoms with Gasteiger partial charge in [-0.1, -0.05) is 24.3 Å². The largest absolute Gasteiger partial charge is 0.326 e. The number of hydrogen-bond acceptors (Lipinski definition) is 4. The predicted octanol–water partition coefficient (Wildman–Crippen LogP) is 3.18. The van der Waals surface area contributed by atoms with E-state index in [4.69, 9.17) is 5.73 Å². The van der Waals surface area contributed by atoms with E-state index in [2.05, 4.69) is 9.97 Å². The highest BCUT2D eigenvalue weighted by Crippen LogP contribution is 2.24. The van der Waals surface area contributed by atoms with Crippen LogP contribution < -0.4 is 5.73 Å². The van der Waals surface area contributed by atoms with Gasteiger partial charge in [0, 0.05) is 12.1 Å².